The Bertz CT molecular complexity index is 443. The number of hydrogen-bond donors (Lipinski definition) is 0. The van der Waals surface area contributed by atoms with Gasteiger partial charge in [-0.2, -0.15) is 0 Å². The SMILES string of the molecule is COC1CCN(C(=O)c2ccc(Cl)c(Cl)c2)CC1. The summed E-state index contributed by atoms with van der Waals surface area (Å²) >= 11 is 11.8. The summed E-state index contributed by atoms with van der Waals surface area (Å²) in [7, 11) is 1.71. The molecule has 1 aromatic carbocycles. The zero-order chi connectivity index (χ0) is 13.1. The monoisotopic (exact) mass is 287 g/mol. The maximum atomic E-state index is 12.2. The molecule has 0 spiro atoms. The summed E-state index contributed by atoms with van der Waals surface area (Å²) in [6.45, 7) is 1.44. The maximum absolute atomic E-state index is 12.2. The smallest absolute Gasteiger partial charge is 0.253 e. The van der Waals surface area contributed by atoms with Gasteiger partial charge >= 0.3 is 0 Å². The van der Waals surface area contributed by atoms with Crippen LogP contribution in [0.15, 0.2) is 18.2 Å². The first-order valence-electron chi connectivity index (χ1n) is 5.89. The molecule has 2 rings (SSSR count). The molecule has 98 valence electrons. The van der Waals surface area contributed by atoms with Gasteiger partial charge in [-0.3, -0.25) is 4.79 Å². The number of amides is 1. The molecular formula is C13H15Cl2NO2. The van der Waals surface area contributed by atoms with Crippen molar-refractivity contribution >= 4 is 29.1 Å². The lowest BCUT2D eigenvalue weighted by molar-refractivity contribution is 0.0351. The molecule has 0 atom stereocenters. The van der Waals surface area contributed by atoms with Crippen LogP contribution < -0.4 is 0 Å². The number of carbonyl (C=O) groups is 1. The third-order valence-corrected chi connectivity index (χ3v) is 3.97. The first-order chi connectivity index (χ1) is 8.61. The van der Waals surface area contributed by atoms with E-state index >= 15 is 0 Å². The average molecular weight is 288 g/mol. The molecule has 0 bridgehead atoms. The summed E-state index contributed by atoms with van der Waals surface area (Å²) in [6.07, 6.45) is 2.02. The molecule has 18 heavy (non-hydrogen) atoms. The molecule has 1 aromatic rings. The quantitative estimate of drug-likeness (QED) is 0.836. The molecule has 0 aliphatic carbocycles. The summed E-state index contributed by atoms with van der Waals surface area (Å²) in [5.74, 6) is 0.00289. The summed E-state index contributed by atoms with van der Waals surface area (Å²) in [4.78, 5) is 14.1. The standard InChI is InChI=1S/C13H15Cl2NO2/c1-18-10-4-6-16(7-5-10)13(17)9-2-3-11(14)12(15)8-9/h2-3,8,10H,4-7H2,1H3. The van der Waals surface area contributed by atoms with Crippen molar-refractivity contribution in [1.29, 1.82) is 0 Å². The van der Waals surface area contributed by atoms with E-state index in [4.69, 9.17) is 27.9 Å². The maximum Gasteiger partial charge on any atom is 0.253 e. The van der Waals surface area contributed by atoms with Gasteiger partial charge in [0, 0.05) is 25.8 Å². The molecule has 1 saturated heterocycles. The number of methoxy groups -OCH3 is 1. The zero-order valence-corrected chi connectivity index (χ0v) is 11.7. The molecule has 0 radical (unpaired) electrons. The summed E-state index contributed by atoms with van der Waals surface area (Å²) in [5.41, 5.74) is 0.584. The van der Waals surface area contributed by atoms with Crippen LogP contribution in [0.4, 0.5) is 0 Å². The van der Waals surface area contributed by atoms with Gasteiger partial charge in [-0.1, -0.05) is 23.2 Å². The topological polar surface area (TPSA) is 29.5 Å². The number of piperidine rings is 1. The van der Waals surface area contributed by atoms with Crippen LogP contribution in [-0.4, -0.2) is 37.1 Å². The second-order valence-electron chi connectivity index (χ2n) is 4.36. The molecule has 3 nitrogen and oxygen atoms in total. The highest BCUT2D eigenvalue weighted by Gasteiger charge is 2.23. The van der Waals surface area contributed by atoms with Gasteiger partial charge < -0.3 is 9.64 Å². The first-order valence-corrected chi connectivity index (χ1v) is 6.64. The Morgan fingerprint density at radius 2 is 1.94 bits per heavy atom. The van der Waals surface area contributed by atoms with Crippen molar-refractivity contribution in [2.24, 2.45) is 0 Å². The van der Waals surface area contributed by atoms with Gasteiger partial charge in [0.05, 0.1) is 16.1 Å². The minimum atomic E-state index is 0.00289. The van der Waals surface area contributed by atoms with Crippen LogP contribution in [0, 0.1) is 0 Å². The predicted molar refractivity (Wildman–Crippen MR) is 72.4 cm³/mol. The lowest BCUT2D eigenvalue weighted by Crippen LogP contribution is -2.40. The molecule has 0 aromatic heterocycles. The second-order valence-corrected chi connectivity index (χ2v) is 5.17. The number of likely N-dealkylation sites (tertiary alicyclic amines) is 1. The fraction of sp³-hybridized carbons (Fsp3) is 0.462. The normalized spacial score (nSPS) is 16.9. The zero-order valence-electron chi connectivity index (χ0n) is 10.2. The van der Waals surface area contributed by atoms with E-state index in [9.17, 15) is 4.79 Å². The number of ether oxygens (including phenoxy) is 1. The number of carbonyl (C=O) groups excluding carboxylic acids is 1. The summed E-state index contributed by atoms with van der Waals surface area (Å²) < 4.78 is 5.28. The van der Waals surface area contributed by atoms with Gasteiger partial charge in [0.15, 0.2) is 0 Å². The molecule has 0 unspecified atom stereocenters. The Balaban J connectivity index is 2.05. The Kier molecular flexibility index (Phi) is 4.49. The fourth-order valence-electron chi connectivity index (χ4n) is 2.11. The van der Waals surface area contributed by atoms with Crippen LogP contribution in [0.25, 0.3) is 0 Å². The number of halogens is 2. The van der Waals surface area contributed by atoms with Crippen LogP contribution in [0.2, 0.25) is 10.0 Å². The average Bonchev–Trinajstić information content (AvgIpc) is 2.41. The molecule has 1 aliphatic heterocycles. The van der Waals surface area contributed by atoms with E-state index in [0.717, 1.165) is 25.9 Å². The van der Waals surface area contributed by atoms with Crippen molar-refractivity contribution in [1.82, 2.24) is 4.90 Å². The lowest BCUT2D eigenvalue weighted by Gasteiger charge is -2.31. The van der Waals surface area contributed by atoms with Gasteiger partial charge in [0.25, 0.3) is 5.91 Å². The molecule has 5 heteroatoms. The summed E-state index contributed by atoms with van der Waals surface area (Å²) in [6, 6.07) is 4.98. The first kappa shape index (κ1) is 13.7. The Labute approximate surface area is 117 Å². The number of benzene rings is 1. The summed E-state index contributed by atoms with van der Waals surface area (Å²) in [5, 5.41) is 0.876. The minimum Gasteiger partial charge on any atom is -0.381 e. The Morgan fingerprint density at radius 1 is 1.28 bits per heavy atom. The molecule has 1 fully saturated rings. The van der Waals surface area contributed by atoms with Crippen LogP contribution in [-0.2, 0) is 4.74 Å². The molecular weight excluding hydrogens is 273 g/mol. The van der Waals surface area contributed by atoms with Gasteiger partial charge in [-0.15, -0.1) is 0 Å². The third-order valence-electron chi connectivity index (χ3n) is 3.23. The van der Waals surface area contributed by atoms with Crippen LogP contribution >= 0.6 is 23.2 Å². The largest absolute Gasteiger partial charge is 0.381 e. The minimum absolute atomic E-state index is 0.00289. The molecule has 1 aliphatic rings. The molecule has 1 amide bonds. The van der Waals surface area contributed by atoms with E-state index in [1.54, 1.807) is 25.3 Å². The van der Waals surface area contributed by atoms with E-state index in [0.29, 0.717) is 15.6 Å². The third kappa shape index (κ3) is 2.97. The highest BCUT2D eigenvalue weighted by molar-refractivity contribution is 6.42. The molecule has 1 heterocycles. The molecule has 0 N–H and O–H groups in total. The highest BCUT2D eigenvalue weighted by Crippen LogP contribution is 2.24. The Morgan fingerprint density at radius 3 is 2.50 bits per heavy atom. The lowest BCUT2D eigenvalue weighted by atomic mass is 10.1. The highest BCUT2D eigenvalue weighted by atomic mass is 35.5. The number of hydrogen-bond acceptors (Lipinski definition) is 2. The van der Waals surface area contributed by atoms with Crippen molar-refractivity contribution in [3.8, 4) is 0 Å². The fourth-order valence-corrected chi connectivity index (χ4v) is 2.40. The van der Waals surface area contributed by atoms with Crippen molar-refractivity contribution in [2.75, 3.05) is 20.2 Å². The number of nitrogens with zero attached hydrogens (tertiary/aromatic N) is 1. The van der Waals surface area contributed by atoms with Crippen molar-refractivity contribution in [2.45, 2.75) is 18.9 Å². The van der Waals surface area contributed by atoms with Crippen molar-refractivity contribution in [3.05, 3.63) is 33.8 Å². The van der Waals surface area contributed by atoms with Gasteiger partial charge in [-0.25, -0.2) is 0 Å². The van der Waals surface area contributed by atoms with E-state index in [2.05, 4.69) is 0 Å². The van der Waals surface area contributed by atoms with Crippen LogP contribution in [0.3, 0.4) is 0 Å². The van der Waals surface area contributed by atoms with E-state index < -0.39 is 0 Å². The van der Waals surface area contributed by atoms with Gasteiger partial charge in [0.2, 0.25) is 0 Å². The van der Waals surface area contributed by atoms with Crippen LogP contribution in [0.1, 0.15) is 23.2 Å². The van der Waals surface area contributed by atoms with Crippen molar-refractivity contribution in [3.63, 3.8) is 0 Å². The predicted octanol–water partition coefficient (Wildman–Crippen LogP) is 3.24. The van der Waals surface area contributed by atoms with Gasteiger partial charge in [0.1, 0.15) is 0 Å². The second kappa shape index (κ2) is 5.91. The van der Waals surface area contributed by atoms with Crippen molar-refractivity contribution < 1.29 is 9.53 Å². The Hall–Kier alpha value is -0.770. The van der Waals surface area contributed by atoms with Gasteiger partial charge in [-0.05, 0) is 31.0 Å². The molecule has 0 saturated carbocycles. The van der Waals surface area contributed by atoms with E-state index in [1.165, 1.54) is 0 Å². The van der Waals surface area contributed by atoms with E-state index in [1.807, 2.05) is 4.90 Å². The van der Waals surface area contributed by atoms with Crippen LogP contribution in [0.5, 0.6) is 0 Å². The van der Waals surface area contributed by atoms with E-state index in [-0.39, 0.29) is 12.0 Å². The number of rotatable bonds is 2.